The van der Waals surface area contributed by atoms with Crippen molar-refractivity contribution in [3.63, 3.8) is 0 Å². The van der Waals surface area contributed by atoms with Crippen molar-refractivity contribution in [2.75, 3.05) is 0 Å². The monoisotopic (exact) mass is 218 g/mol. The Labute approximate surface area is 89.0 Å². The first-order valence-electron chi connectivity index (χ1n) is 5.15. The third-order valence-electron chi connectivity index (χ3n) is 1.84. The van der Waals surface area contributed by atoms with Gasteiger partial charge in [0.15, 0.2) is 0 Å². The molecule has 0 aliphatic heterocycles. The van der Waals surface area contributed by atoms with Gasteiger partial charge in [-0.2, -0.15) is 0 Å². The minimum Gasteiger partial charge on any atom is -0.481 e. The number of carboxylic acid groups (broad SMARTS) is 1. The van der Waals surface area contributed by atoms with Crippen LogP contribution < -0.4 is 0 Å². The first-order valence-corrected chi connectivity index (χ1v) is 5.15. The van der Waals surface area contributed by atoms with Gasteiger partial charge in [-0.05, 0) is 12.8 Å². The smallest absolute Gasteiger partial charge is 0.308 e. The average molecular weight is 218 g/mol. The second kappa shape index (κ2) is 8.23. The zero-order valence-corrected chi connectivity index (χ0v) is 8.94. The molecular weight excluding hydrogens is 200 g/mol. The third-order valence-corrected chi connectivity index (χ3v) is 1.84. The van der Waals surface area contributed by atoms with E-state index in [1.165, 1.54) is 0 Å². The van der Waals surface area contributed by atoms with E-state index in [0.29, 0.717) is 6.42 Å². The summed E-state index contributed by atoms with van der Waals surface area (Å²) in [7, 11) is 0. The van der Waals surface area contributed by atoms with Gasteiger partial charge < -0.3 is 14.9 Å². The van der Waals surface area contributed by atoms with Crippen LogP contribution in [0.15, 0.2) is 0 Å². The molecule has 0 fully saturated rings. The topological polar surface area (TPSA) is 83.8 Å². The summed E-state index contributed by atoms with van der Waals surface area (Å²) in [5.41, 5.74) is 0. The predicted octanol–water partition coefficient (Wildman–Crippen LogP) is 1.29. The predicted molar refractivity (Wildman–Crippen MR) is 53.1 cm³/mol. The minimum absolute atomic E-state index is 0.0372. The number of esters is 1. The lowest BCUT2D eigenvalue weighted by atomic mass is 10.2. The number of hydrogen-bond acceptors (Lipinski definition) is 4. The van der Waals surface area contributed by atoms with Gasteiger partial charge in [0, 0.05) is 19.3 Å². The lowest BCUT2D eigenvalue weighted by Crippen LogP contribution is -2.17. The Morgan fingerprint density at radius 2 is 1.93 bits per heavy atom. The molecule has 0 aromatic rings. The first kappa shape index (κ1) is 13.9. The molecule has 0 rings (SSSR count). The molecule has 0 amide bonds. The van der Waals surface area contributed by atoms with Crippen molar-refractivity contribution in [1.29, 1.82) is 0 Å². The molecule has 88 valence electrons. The number of carboxylic acids is 1. The summed E-state index contributed by atoms with van der Waals surface area (Å²) in [4.78, 5) is 21.2. The van der Waals surface area contributed by atoms with Crippen LogP contribution in [0.2, 0.25) is 0 Å². The second-order valence-corrected chi connectivity index (χ2v) is 3.33. The molecule has 0 aliphatic carbocycles. The Morgan fingerprint density at radius 3 is 2.47 bits per heavy atom. The number of aliphatic hydroxyl groups excluding tert-OH is 1. The van der Waals surface area contributed by atoms with Gasteiger partial charge in [-0.3, -0.25) is 9.59 Å². The second-order valence-electron chi connectivity index (χ2n) is 3.33. The maximum atomic E-state index is 11.0. The standard InChI is InChI=1S/C10H18O5/c1-2-3-6-9(13)15-10(14)7-4-5-8(11)12/h9,13H,2-7H2,1H3,(H,11,12). The highest BCUT2D eigenvalue weighted by Crippen LogP contribution is 2.05. The maximum absolute atomic E-state index is 11.0. The number of unbranched alkanes of at least 4 members (excludes halogenated alkanes) is 1. The molecule has 5 heteroatoms. The molecule has 0 aromatic carbocycles. The van der Waals surface area contributed by atoms with Gasteiger partial charge in [-0.15, -0.1) is 0 Å². The summed E-state index contributed by atoms with van der Waals surface area (Å²) in [6, 6.07) is 0. The van der Waals surface area contributed by atoms with E-state index in [2.05, 4.69) is 4.74 Å². The number of ether oxygens (including phenoxy) is 1. The van der Waals surface area contributed by atoms with E-state index >= 15 is 0 Å². The van der Waals surface area contributed by atoms with E-state index in [1.807, 2.05) is 6.92 Å². The Balaban J connectivity index is 3.50. The van der Waals surface area contributed by atoms with Crippen LogP contribution in [-0.4, -0.2) is 28.4 Å². The highest BCUT2D eigenvalue weighted by atomic mass is 16.6. The van der Waals surface area contributed by atoms with Gasteiger partial charge in [-0.25, -0.2) is 0 Å². The molecule has 0 heterocycles. The summed E-state index contributed by atoms with van der Waals surface area (Å²) in [6.07, 6.45) is 1.32. The zero-order chi connectivity index (χ0) is 11.7. The van der Waals surface area contributed by atoms with E-state index in [4.69, 9.17) is 5.11 Å². The van der Waals surface area contributed by atoms with Crippen molar-refractivity contribution in [3.8, 4) is 0 Å². The van der Waals surface area contributed by atoms with Crippen molar-refractivity contribution < 1.29 is 24.5 Å². The molecule has 2 N–H and O–H groups in total. The van der Waals surface area contributed by atoms with Crippen LogP contribution in [0, 0.1) is 0 Å². The normalized spacial score (nSPS) is 12.1. The van der Waals surface area contributed by atoms with Crippen molar-refractivity contribution in [2.24, 2.45) is 0 Å². The van der Waals surface area contributed by atoms with Gasteiger partial charge in [0.2, 0.25) is 6.29 Å². The first-order chi connectivity index (χ1) is 7.06. The van der Waals surface area contributed by atoms with Crippen molar-refractivity contribution in [3.05, 3.63) is 0 Å². The summed E-state index contributed by atoms with van der Waals surface area (Å²) >= 11 is 0. The Hall–Kier alpha value is -1.10. The number of rotatable bonds is 8. The number of carbonyl (C=O) groups is 2. The lowest BCUT2D eigenvalue weighted by Gasteiger charge is -2.10. The highest BCUT2D eigenvalue weighted by molar-refractivity contribution is 5.71. The molecule has 5 nitrogen and oxygen atoms in total. The largest absolute Gasteiger partial charge is 0.481 e. The van der Waals surface area contributed by atoms with Crippen LogP contribution >= 0.6 is 0 Å². The number of hydrogen-bond donors (Lipinski definition) is 2. The van der Waals surface area contributed by atoms with Crippen LogP contribution in [0.25, 0.3) is 0 Å². The van der Waals surface area contributed by atoms with Gasteiger partial charge >= 0.3 is 11.9 Å². The number of aliphatic hydroxyl groups is 1. The van der Waals surface area contributed by atoms with Crippen LogP contribution in [-0.2, 0) is 14.3 Å². The van der Waals surface area contributed by atoms with E-state index in [-0.39, 0.29) is 19.3 Å². The van der Waals surface area contributed by atoms with Crippen molar-refractivity contribution in [2.45, 2.75) is 51.7 Å². The quantitative estimate of drug-likeness (QED) is 0.473. The van der Waals surface area contributed by atoms with E-state index < -0.39 is 18.2 Å². The fourth-order valence-corrected chi connectivity index (χ4v) is 1.03. The number of aliphatic carboxylic acids is 1. The van der Waals surface area contributed by atoms with E-state index in [9.17, 15) is 14.7 Å². The fraction of sp³-hybridized carbons (Fsp3) is 0.800. The van der Waals surface area contributed by atoms with Crippen molar-refractivity contribution in [1.82, 2.24) is 0 Å². The van der Waals surface area contributed by atoms with Crippen LogP contribution in [0.5, 0.6) is 0 Å². The van der Waals surface area contributed by atoms with Gasteiger partial charge in [0.1, 0.15) is 0 Å². The summed E-state index contributed by atoms with van der Waals surface area (Å²) in [5, 5.41) is 17.5. The zero-order valence-electron chi connectivity index (χ0n) is 8.94. The Bertz CT molecular complexity index is 202. The highest BCUT2D eigenvalue weighted by Gasteiger charge is 2.10. The molecule has 0 bridgehead atoms. The molecule has 0 aliphatic rings. The lowest BCUT2D eigenvalue weighted by molar-refractivity contribution is -0.168. The van der Waals surface area contributed by atoms with Crippen LogP contribution in [0.4, 0.5) is 0 Å². The molecule has 0 radical (unpaired) electrons. The molecule has 0 spiro atoms. The molecular formula is C10H18O5. The molecule has 0 saturated heterocycles. The summed E-state index contributed by atoms with van der Waals surface area (Å²) in [6.45, 7) is 1.97. The summed E-state index contributed by atoms with van der Waals surface area (Å²) < 4.78 is 4.66. The SMILES string of the molecule is CCCCC(O)OC(=O)CCCC(=O)O. The van der Waals surface area contributed by atoms with E-state index in [1.54, 1.807) is 0 Å². The molecule has 1 unspecified atom stereocenters. The van der Waals surface area contributed by atoms with Crippen LogP contribution in [0.3, 0.4) is 0 Å². The van der Waals surface area contributed by atoms with Crippen LogP contribution in [0.1, 0.15) is 45.4 Å². The Morgan fingerprint density at radius 1 is 1.27 bits per heavy atom. The van der Waals surface area contributed by atoms with Crippen molar-refractivity contribution >= 4 is 11.9 Å². The molecule has 1 atom stereocenters. The molecule has 0 aromatic heterocycles. The fourth-order valence-electron chi connectivity index (χ4n) is 1.03. The number of carbonyl (C=O) groups excluding carboxylic acids is 1. The van der Waals surface area contributed by atoms with E-state index in [0.717, 1.165) is 12.8 Å². The molecule has 0 saturated carbocycles. The van der Waals surface area contributed by atoms with Gasteiger partial charge in [-0.1, -0.05) is 13.3 Å². The van der Waals surface area contributed by atoms with Gasteiger partial charge in [0.25, 0.3) is 0 Å². The Kier molecular flexibility index (Phi) is 7.62. The maximum Gasteiger partial charge on any atom is 0.308 e. The summed E-state index contributed by atoms with van der Waals surface area (Å²) in [5.74, 6) is -1.48. The van der Waals surface area contributed by atoms with Gasteiger partial charge in [0.05, 0.1) is 0 Å². The third kappa shape index (κ3) is 9.21. The minimum atomic E-state index is -1.05. The average Bonchev–Trinajstić information content (AvgIpc) is 2.14. The molecule has 15 heavy (non-hydrogen) atoms.